The molecule has 0 aromatic rings. The molecule has 0 bridgehead atoms. The van der Waals surface area contributed by atoms with Crippen molar-refractivity contribution in [3.63, 3.8) is 0 Å². The summed E-state index contributed by atoms with van der Waals surface area (Å²) >= 11 is 1.75. The molecule has 0 spiro atoms. The van der Waals surface area contributed by atoms with Gasteiger partial charge in [-0.25, -0.2) is 0 Å². The summed E-state index contributed by atoms with van der Waals surface area (Å²) in [5.74, 6) is 0.00926. The molecule has 0 saturated heterocycles. The SMILES string of the molecule is C.C.CCC.CCC(C)=O.CNC.COC.COC(C)=O.CSC. The number of hydrogen-bond donors (Lipinski definition) is 1. The molecule has 0 atom stereocenters. The van der Waals surface area contributed by atoms with E-state index in [-0.39, 0.29) is 26.6 Å². The maximum Gasteiger partial charge on any atom is 0.302 e. The quantitative estimate of drug-likeness (QED) is 0.655. The Morgan fingerprint density at radius 2 is 1.00 bits per heavy atom. The van der Waals surface area contributed by atoms with Gasteiger partial charge in [0.2, 0.25) is 0 Å². The Kier molecular flexibility index (Phi) is 163. The lowest BCUT2D eigenvalue weighted by Crippen LogP contribution is -1.89. The normalized spacial score (nSPS) is 6.00. The Balaban J connectivity index is -0.0000000214. The molecule has 0 saturated carbocycles. The minimum absolute atomic E-state index is 0. The van der Waals surface area contributed by atoms with Gasteiger partial charge in [-0.2, -0.15) is 11.8 Å². The summed E-state index contributed by atoms with van der Waals surface area (Å²) in [5, 5.41) is 2.75. The van der Waals surface area contributed by atoms with Crippen molar-refractivity contribution in [2.75, 3.05) is 47.9 Å². The van der Waals surface area contributed by atoms with Gasteiger partial charge in [-0.05, 0) is 33.5 Å². The molecule has 0 aromatic carbocycles. The Hall–Kier alpha value is -0.590. The Morgan fingerprint density at radius 1 is 0.917 bits per heavy atom. The second-order valence-corrected chi connectivity index (χ2v) is 4.59. The van der Waals surface area contributed by atoms with Crippen molar-refractivity contribution >= 4 is 23.5 Å². The number of carbonyl (C=O) groups is 2. The molecule has 0 heterocycles. The molecule has 0 amide bonds. The third kappa shape index (κ3) is 767. The molecule has 0 aliphatic heterocycles. The molecule has 0 radical (unpaired) electrons. The fourth-order valence-corrected chi connectivity index (χ4v) is 0. The van der Waals surface area contributed by atoms with E-state index in [1.807, 2.05) is 33.5 Å². The maximum atomic E-state index is 9.81. The highest BCUT2D eigenvalue weighted by Crippen LogP contribution is 1.71. The number of nitrogens with one attached hydrogen (secondary N) is 1. The van der Waals surface area contributed by atoms with Crippen molar-refractivity contribution in [1.29, 1.82) is 0 Å². The summed E-state index contributed by atoms with van der Waals surface area (Å²) in [7, 11) is 8.35. The fourth-order valence-electron chi connectivity index (χ4n) is 0. The maximum absolute atomic E-state index is 9.81. The minimum Gasteiger partial charge on any atom is -0.469 e. The van der Waals surface area contributed by atoms with Crippen molar-refractivity contribution < 1.29 is 19.1 Å². The molecule has 0 fully saturated rings. The van der Waals surface area contributed by atoms with Gasteiger partial charge in [0, 0.05) is 27.6 Å². The monoisotopic (exact) mass is 375 g/mol. The van der Waals surface area contributed by atoms with Crippen LogP contribution < -0.4 is 5.32 Å². The van der Waals surface area contributed by atoms with Crippen LogP contribution in [0.2, 0.25) is 0 Å². The lowest BCUT2D eigenvalue weighted by atomic mass is 10.4. The van der Waals surface area contributed by atoms with E-state index >= 15 is 0 Å². The van der Waals surface area contributed by atoms with Crippen LogP contribution in [0.25, 0.3) is 0 Å². The number of thioether (sulfide) groups is 1. The van der Waals surface area contributed by atoms with Crippen molar-refractivity contribution in [3.05, 3.63) is 0 Å². The number of rotatable bonds is 1. The zero-order valence-corrected chi connectivity index (χ0v) is 17.8. The molecular weight excluding hydrogens is 326 g/mol. The van der Waals surface area contributed by atoms with Crippen LogP contribution in [0.15, 0.2) is 0 Å². The number of Topliss-reactive ketones (excluding diaryl/α,β-unsaturated/α-hetero) is 1. The van der Waals surface area contributed by atoms with Crippen LogP contribution in [0.4, 0.5) is 0 Å². The van der Waals surface area contributed by atoms with E-state index < -0.39 is 0 Å². The van der Waals surface area contributed by atoms with Crippen LogP contribution in [0.5, 0.6) is 0 Å². The van der Waals surface area contributed by atoms with Crippen LogP contribution in [-0.2, 0) is 19.1 Å². The molecule has 0 rings (SSSR count). The highest BCUT2D eigenvalue weighted by molar-refractivity contribution is 7.97. The van der Waals surface area contributed by atoms with Gasteiger partial charge in [0.15, 0.2) is 0 Å². The van der Waals surface area contributed by atoms with Crippen LogP contribution >= 0.6 is 11.8 Å². The average Bonchev–Trinajstić information content (AvgIpc) is 2.43. The molecular formula is C18H49NO4S. The van der Waals surface area contributed by atoms with Crippen LogP contribution in [0.1, 0.15) is 62.3 Å². The molecule has 24 heavy (non-hydrogen) atoms. The molecule has 0 aliphatic rings. The first kappa shape index (κ1) is 49.5. The third-order valence-electron chi connectivity index (χ3n) is 0.785. The van der Waals surface area contributed by atoms with Gasteiger partial charge in [0.05, 0.1) is 7.11 Å². The number of methoxy groups -OCH3 is 2. The standard InChI is InChI=1S/C4H8O.C3H6O2.C3H8.C2H7N.C2H6O.C2H6S.2CH4/c1-3-4(2)5;1-3(4)5-2;4*1-3-2;;/h3H2,1-2H3;1-2H3;3H2,1-2H3;3H,1-2H3;2*1-2H3;2*1H4. The second kappa shape index (κ2) is 78.9. The Morgan fingerprint density at radius 3 is 1.00 bits per heavy atom. The lowest BCUT2D eigenvalue weighted by molar-refractivity contribution is -0.137. The molecule has 5 nitrogen and oxygen atoms in total. The van der Waals surface area contributed by atoms with Gasteiger partial charge in [0.25, 0.3) is 0 Å². The van der Waals surface area contributed by atoms with Gasteiger partial charge in [-0.3, -0.25) is 4.79 Å². The number of esters is 1. The van der Waals surface area contributed by atoms with Crippen molar-refractivity contribution in [3.8, 4) is 0 Å². The number of hydrogen-bond acceptors (Lipinski definition) is 6. The molecule has 0 aromatic heterocycles. The summed E-state index contributed by atoms with van der Waals surface area (Å²) in [6.07, 6.45) is 6.00. The van der Waals surface area contributed by atoms with E-state index in [2.05, 4.69) is 28.6 Å². The molecule has 1 N–H and O–H groups in total. The van der Waals surface area contributed by atoms with Crippen LogP contribution in [-0.4, -0.2) is 59.7 Å². The average molecular weight is 376 g/mol. The zero-order chi connectivity index (χ0) is 19.4. The molecule has 0 unspecified atom stereocenters. The van der Waals surface area contributed by atoms with E-state index in [1.54, 1.807) is 32.9 Å². The first-order chi connectivity index (χ1) is 10.2. The van der Waals surface area contributed by atoms with E-state index in [1.165, 1.54) is 20.5 Å². The first-order valence-electron chi connectivity index (χ1n) is 7.13. The number of carbonyl (C=O) groups excluding carboxylic acids is 2. The van der Waals surface area contributed by atoms with Gasteiger partial charge in [0.1, 0.15) is 5.78 Å². The van der Waals surface area contributed by atoms with Gasteiger partial charge in [-0.1, -0.05) is 42.0 Å². The predicted molar refractivity (Wildman–Crippen MR) is 115 cm³/mol. The van der Waals surface area contributed by atoms with E-state index in [0.29, 0.717) is 6.42 Å². The van der Waals surface area contributed by atoms with Gasteiger partial charge >= 0.3 is 5.97 Å². The highest BCUT2D eigenvalue weighted by Gasteiger charge is 1.77. The minimum atomic E-state index is -0.245. The van der Waals surface area contributed by atoms with Crippen molar-refractivity contribution in [2.24, 2.45) is 0 Å². The van der Waals surface area contributed by atoms with Gasteiger partial charge < -0.3 is 19.6 Å². The number of ether oxygens (including phenoxy) is 2. The summed E-state index contributed by atoms with van der Waals surface area (Å²) in [6, 6.07) is 0. The third-order valence-corrected chi connectivity index (χ3v) is 0.785. The Bertz CT molecular complexity index is 147. The Labute approximate surface area is 158 Å². The summed E-state index contributed by atoms with van der Waals surface area (Å²) in [6.45, 7) is 9.04. The zero-order valence-electron chi connectivity index (χ0n) is 17.0. The fraction of sp³-hybridized carbons (Fsp3) is 0.889. The molecule has 156 valence electrons. The summed E-state index contributed by atoms with van der Waals surface area (Å²) < 4.78 is 8.36. The second-order valence-electron chi connectivity index (χ2n) is 3.77. The number of ketones is 1. The topological polar surface area (TPSA) is 64.6 Å². The smallest absolute Gasteiger partial charge is 0.302 e. The predicted octanol–water partition coefficient (Wildman–Crippen LogP) is 4.93. The van der Waals surface area contributed by atoms with Gasteiger partial charge in [-0.15, -0.1) is 0 Å². The highest BCUT2D eigenvalue weighted by atomic mass is 32.2. The lowest BCUT2D eigenvalue weighted by Gasteiger charge is -1.80. The van der Waals surface area contributed by atoms with Crippen molar-refractivity contribution in [1.82, 2.24) is 5.32 Å². The molecule has 6 heteroatoms. The van der Waals surface area contributed by atoms with E-state index in [9.17, 15) is 9.59 Å². The van der Waals surface area contributed by atoms with E-state index in [4.69, 9.17) is 0 Å². The van der Waals surface area contributed by atoms with Crippen LogP contribution in [0, 0.1) is 0 Å². The summed E-state index contributed by atoms with van der Waals surface area (Å²) in [4.78, 5) is 19.4. The van der Waals surface area contributed by atoms with Crippen LogP contribution in [0.3, 0.4) is 0 Å². The van der Waals surface area contributed by atoms with Crippen molar-refractivity contribution in [2.45, 2.75) is 62.3 Å². The largest absolute Gasteiger partial charge is 0.469 e. The molecule has 0 aliphatic carbocycles. The summed E-state index contributed by atoms with van der Waals surface area (Å²) in [5.41, 5.74) is 0. The van der Waals surface area contributed by atoms with E-state index in [0.717, 1.165) is 0 Å². The first-order valence-corrected chi connectivity index (χ1v) is 8.76.